The molecule has 8 heteroatoms. The van der Waals surface area contributed by atoms with E-state index in [1.807, 2.05) is 48.0 Å². The average Bonchev–Trinajstić information content (AvgIpc) is 3.04. The summed E-state index contributed by atoms with van der Waals surface area (Å²) >= 11 is 6.56. The minimum absolute atomic E-state index is 0.270. The van der Waals surface area contributed by atoms with Crippen molar-refractivity contribution in [2.45, 2.75) is 13.5 Å². The highest BCUT2D eigenvalue weighted by Crippen LogP contribution is 2.24. The number of nitrogens with one attached hydrogen (secondary N) is 2. The van der Waals surface area contributed by atoms with Crippen molar-refractivity contribution >= 4 is 43.6 Å². The van der Waals surface area contributed by atoms with E-state index in [4.69, 9.17) is 0 Å². The Morgan fingerprint density at radius 1 is 1.30 bits per heavy atom. The minimum Gasteiger partial charge on any atom is -0.304 e. The van der Waals surface area contributed by atoms with E-state index < -0.39 is 0 Å². The van der Waals surface area contributed by atoms with Crippen LogP contribution in [-0.4, -0.2) is 25.9 Å². The van der Waals surface area contributed by atoms with E-state index >= 15 is 0 Å². The van der Waals surface area contributed by atoms with E-state index in [2.05, 4.69) is 52.5 Å². The summed E-state index contributed by atoms with van der Waals surface area (Å²) in [5.74, 6) is 0.164. The van der Waals surface area contributed by atoms with Gasteiger partial charge in [-0.1, -0.05) is 30.3 Å². The van der Waals surface area contributed by atoms with Crippen molar-refractivity contribution in [1.29, 1.82) is 0 Å². The van der Waals surface area contributed by atoms with Gasteiger partial charge in [-0.2, -0.15) is 10.2 Å². The van der Waals surface area contributed by atoms with E-state index in [0.717, 1.165) is 11.3 Å². The number of nitrogens with zero attached hydrogens (tertiary/aromatic N) is 3. The van der Waals surface area contributed by atoms with E-state index in [-0.39, 0.29) is 11.6 Å². The van der Waals surface area contributed by atoms with Crippen molar-refractivity contribution in [3.8, 4) is 0 Å². The lowest BCUT2D eigenvalue weighted by Crippen LogP contribution is -2.14. The maximum atomic E-state index is 12.2. The predicted molar refractivity (Wildman–Crippen MR) is 94.4 cm³/mol. The molecule has 0 unspecified atom stereocenters. The first-order valence-corrected chi connectivity index (χ1v) is 8.42. The number of halogens is 2. The summed E-state index contributed by atoms with van der Waals surface area (Å²) < 4.78 is 3.05. The fraction of sp³-hybridized carbons (Fsp3) is 0.133. The number of rotatable bonds is 4. The first kappa shape index (κ1) is 15.9. The quantitative estimate of drug-likeness (QED) is 0.651. The Morgan fingerprint density at radius 3 is 2.70 bits per heavy atom. The van der Waals surface area contributed by atoms with Crippen molar-refractivity contribution in [3.05, 3.63) is 62.4 Å². The summed E-state index contributed by atoms with van der Waals surface area (Å²) in [5.41, 5.74) is 2.38. The highest BCUT2D eigenvalue weighted by atomic mass is 79.9. The molecule has 2 N–H and O–H groups in total. The second-order valence-corrected chi connectivity index (χ2v) is 6.55. The number of benzene rings is 1. The molecule has 1 amide bonds. The molecule has 0 aliphatic rings. The molecule has 0 spiro atoms. The van der Waals surface area contributed by atoms with Crippen LogP contribution >= 0.6 is 31.9 Å². The van der Waals surface area contributed by atoms with Crippen LogP contribution in [-0.2, 0) is 6.54 Å². The summed E-state index contributed by atoms with van der Waals surface area (Å²) in [6.45, 7) is 2.60. The molecule has 6 nitrogen and oxygen atoms in total. The third kappa shape index (κ3) is 3.53. The molecule has 0 saturated carbocycles. The molecular weight excluding hydrogens is 426 g/mol. The lowest BCUT2D eigenvalue weighted by molar-refractivity contribution is 0.102. The number of anilines is 1. The Morgan fingerprint density at radius 2 is 2.04 bits per heavy atom. The highest BCUT2D eigenvalue weighted by molar-refractivity contribution is 9.13. The Bertz CT molecular complexity index is 841. The molecule has 118 valence electrons. The number of carbonyl (C=O) groups excluding carboxylic acids is 1. The van der Waals surface area contributed by atoms with Crippen LogP contribution in [0.25, 0.3) is 0 Å². The van der Waals surface area contributed by atoms with Gasteiger partial charge in [-0.15, -0.1) is 0 Å². The Hall–Kier alpha value is -1.93. The lowest BCUT2D eigenvalue weighted by atomic mass is 10.2. The van der Waals surface area contributed by atoms with Crippen LogP contribution in [0.1, 0.15) is 21.7 Å². The molecule has 0 aliphatic heterocycles. The molecule has 0 bridgehead atoms. The normalized spacial score (nSPS) is 10.7. The van der Waals surface area contributed by atoms with Crippen LogP contribution in [0.4, 0.5) is 5.82 Å². The van der Waals surface area contributed by atoms with Gasteiger partial charge in [0.2, 0.25) is 0 Å². The number of hydrogen-bond donors (Lipinski definition) is 2. The van der Waals surface area contributed by atoms with Crippen molar-refractivity contribution in [1.82, 2.24) is 20.0 Å². The molecule has 0 radical (unpaired) electrons. The molecule has 0 atom stereocenters. The number of amides is 1. The first-order valence-electron chi connectivity index (χ1n) is 6.83. The molecule has 2 aromatic heterocycles. The number of aromatic amines is 1. The van der Waals surface area contributed by atoms with Crippen LogP contribution in [0.2, 0.25) is 0 Å². The third-order valence-corrected chi connectivity index (χ3v) is 5.16. The molecule has 0 fully saturated rings. The van der Waals surface area contributed by atoms with Crippen LogP contribution in [0.3, 0.4) is 0 Å². The van der Waals surface area contributed by atoms with Crippen LogP contribution < -0.4 is 5.32 Å². The Balaban J connectivity index is 1.76. The van der Waals surface area contributed by atoms with Crippen molar-refractivity contribution < 1.29 is 4.79 Å². The zero-order chi connectivity index (χ0) is 16.4. The van der Waals surface area contributed by atoms with E-state index in [1.54, 1.807) is 0 Å². The van der Waals surface area contributed by atoms with Crippen LogP contribution in [0.15, 0.2) is 45.5 Å². The molecule has 1 aromatic carbocycles. The van der Waals surface area contributed by atoms with E-state index in [9.17, 15) is 4.79 Å². The zero-order valence-electron chi connectivity index (χ0n) is 12.2. The van der Waals surface area contributed by atoms with Crippen LogP contribution in [0, 0.1) is 6.92 Å². The van der Waals surface area contributed by atoms with Gasteiger partial charge in [-0.05, 0) is 44.3 Å². The van der Waals surface area contributed by atoms with Gasteiger partial charge in [0.05, 0.1) is 11.0 Å². The van der Waals surface area contributed by atoms with Crippen molar-refractivity contribution in [2.75, 3.05) is 5.32 Å². The van der Waals surface area contributed by atoms with Gasteiger partial charge >= 0.3 is 0 Å². The number of carbonyl (C=O) groups is 1. The summed E-state index contributed by atoms with van der Waals surface area (Å²) in [5, 5.41) is 13.8. The largest absolute Gasteiger partial charge is 0.304 e. The number of hydrogen-bond acceptors (Lipinski definition) is 3. The lowest BCUT2D eigenvalue weighted by Gasteiger charge is -2.04. The molecule has 3 rings (SSSR count). The number of aryl methyl sites for hydroxylation is 1. The fourth-order valence-electron chi connectivity index (χ4n) is 2.12. The van der Waals surface area contributed by atoms with E-state index in [0.29, 0.717) is 21.4 Å². The van der Waals surface area contributed by atoms with E-state index in [1.165, 1.54) is 0 Å². The fourth-order valence-corrected chi connectivity index (χ4v) is 2.75. The SMILES string of the molecule is Cc1cc(NC(=O)c2n[nH]c(Br)c2Br)nn1Cc1ccccc1. The Labute approximate surface area is 149 Å². The first-order chi connectivity index (χ1) is 11.0. The molecule has 23 heavy (non-hydrogen) atoms. The van der Waals surface area contributed by atoms with Gasteiger partial charge in [-0.25, -0.2) is 0 Å². The topological polar surface area (TPSA) is 75.6 Å². The summed E-state index contributed by atoms with van der Waals surface area (Å²) in [6, 6.07) is 11.9. The average molecular weight is 439 g/mol. The predicted octanol–water partition coefficient (Wildman–Crippen LogP) is 3.74. The van der Waals surface area contributed by atoms with Gasteiger partial charge in [0.15, 0.2) is 11.5 Å². The summed E-state index contributed by atoms with van der Waals surface area (Å²) in [4.78, 5) is 12.2. The minimum atomic E-state index is -0.330. The number of aromatic nitrogens is 4. The smallest absolute Gasteiger partial charge is 0.278 e. The summed E-state index contributed by atoms with van der Waals surface area (Å²) in [6.07, 6.45) is 0. The zero-order valence-corrected chi connectivity index (χ0v) is 15.3. The van der Waals surface area contributed by atoms with Crippen molar-refractivity contribution in [3.63, 3.8) is 0 Å². The second kappa shape index (κ2) is 6.67. The molecular formula is C15H13Br2N5O. The van der Waals surface area contributed by atoms with Gasteiger partial charge in [0, 0.05) is 11.8 Å². The van der Waals surface area contributed by atoms with Gasteiger partial charge in [0.25, 0.3) is 5.91 Å². The highest BCUT2D eigenvalue weighted by Gasteiger charge is 2.18. The van der Waals surface area contributed by atoms with Crippen LogP contribution in [0.5, 0.6) is 0 Å². The van der Waals surface area contributed by atoms with Crippen molar-refractivity contribution in [2.24, 2.45) is 0 Å². The number of H-pyrrole nitrogens is 1. The molecule has 0 saturated heterocycles. The monoisotopic (exact) mass is 437 g/mol. The molecule has 0 aliphatic carbocycles. The van der Waals surface area contributed by atoms with Gasteiger partial charge in [0.1, 0.15) is 4.60 Å². The summed E-state index contributed by atoms with van der Waals surface area (Å²) in [7, 11) is 0. The second-order valence-electron chi connectivity index (χ2n) is 4.97. The molecule has 3 aromatic rings. The Kier molecular flexibility index (Phi) is 4.63. The van der Waals surface area contributed by atoms with Gasteiger partial charge < -0.3 is 5.32 Å². The third-order valence-electron chi connectivity index (χ3n) is 3.28. The van der Waals surface area contributed by atoms with Gasteiger partial charge in [-0.3, -0.25) is 14.6 Å². The standard InChI is InChI=1S/C15H13Br2N5O/c1-9-7-11(18-15(23)13-12(16)14(17)20-19-13)21-22(9)8-10-5-3-2-4-6-10/h2-7H,8H2,1H3,(H,19,20)(H,18,21,23). The maximum Gasteiger partial charge on any atom is 0.278 e. The maximum absolute atomic E-state index is 12.2. The molecule has 2 heterocycles.